The molecule has 252 valence electrons. The van der Waals surface area contributed by atoms with E-state index in [9.17, 15) is 10.0 Å². The molecule has 2 N–H and O–H groups in total. The maximum Gasteiger partial charge on any atom is 0.488 e. The van der Waals surface area contributed by atoms with Crippen LogP contribution in [0.15, 0.2) is 106 Å². The van der Waals surface area contributed by atoms with Crippen molar-refractivity contribution in [2.45, 2.75) is 89.9 Å². The van der Waals surface area contributed by atoms with E-state index in [2.05, 4.69) is 137 Å². The lowest BCUT2D eigenvalue weighted by Gasteiger charge is -2.33. The third-order valence-corrected chi connectivity index (χ3v) is 11.6. The van der Waals surface area contributed by atoms with Crippen molar-refractivity contribution in [1.82, 2.24) is 4.98 Å². The first kappa shape index (κ1) is 35.8. The van der Waals surface area contributed by atoms with Crippen molar-refractivity contribution in [3.05, 3.63) is 129 Å². The van der Waals surface area contributed by atoms with Crippen LogP contribution >= 0.6 is 31.9 Å². The first-order chi connectivity index (χ1) is 23.7. The van der Waals surface area contributed by atoms with Gasteiger partial charge >= 0.3 is 7.12 Å². The highest BCUT2D eigenvalue weighted by atomic mass is 79.9. The molecule has 1 aromatic heterocycles. The number of nitrogens with zero attached hydrogens (tertiary/aromatic N) is 1. The van der Waals surface area contributed by atoms with Gasteiger partial charge in [-0.2, -0.15) is 0 Å². The second-order valence-corrected chi connectivity index (χ2v) is 15.4. The lowest BCUT2D eigenvalue weighted by atomic mass is 9.69. The minimum atomic E-state index is -1.46. The highest BCUT2D eigenvalue weighted by Crippen LogP contribution is 2.56. The molecule has 0 atom stereocenters. The Hall–Kier alpha value is -3.03. The molecule has 2 aliphatic carbocycles. The van der Waals surface area contributed by atoms with Gasteiger partial charge in [0.05, 0.1) is 0 Å². The van der Waals surface area contributed by atoms with E-state index in [1.54, 1.807) is 6.20 Å². The zero-order chi connectivity index (χ0) is 34.8. The van der Waals surface area contributed by atoms with Gasteiger partial charge in [0.2, 0.25) is 0 Å². The molecule has 1 heterocycles. The van der Waals surface area contributed by atoms with Crippen molar-refractivity contribution in [2.24, 2.45) is 0 Å². The predicted molar refractivity (Wildman–Crippen MR) is 213 cm³/mol. The quantitative estimate of drug-likeness (QED) is 0.110. The van der Waals surface area contributed by atoms with Crippen LogP contribution in [0.3, 0.4) is 0 Å². The Bertz CT molecular complexity index is 1900. The topological polar surface area (TPSA) is 53.4 Å². The smallest absolute Gasteiger partial charge is 0.423 e. The van der Waals surface area contributed by atoms with E-state index in [1.165, 1.54) is 68.5 Å². The Morgan fingerprint density at radius 1 is 0.551 bits per heavy atom. The molecule has 3 nitrogen and oxygen atoms in total. The monoisotopic (exact) mass is 777 g/mol. The summed E-state index contributed by atoms with van der Waals surface area (Å²) in [5.74, 6) is 0. The van der Waals surface area contributed by atoms with Crippen LogP contribution in [-0.4, -0.2) is 22.2 Å². The summed E-state index contributed by atoms with van der Waals surface area (Å²) in [6, 6.07) is 33.2. The second-order valence-electron chi connectivity index (χ2n) is 13.7. The van der Waals surface area contributed by atoms with Gasteiger partial charge in [-0.1, -0.05) is 120 Å². The summed E-state index contributed by atoms with van der Waals surface area (Å²) in [5, 5.41) is 20.0. The number of fused-ring (bicyclic) bond motifs is 6. The fraction of sp³-hybridized carbons (Fsp3) is 0.326. The summed E-state index contributed by atoms with van der Waals surface area (Å²) in [6.07, 6.45) is 10.6. The van der Waals surface area contributed by atoms with Gasteiger partial charge in [0.15, 0.2) is 0 Å². The lowest BCUT2D eigenvalue weighted by molar-refractivity contribution is 0.424. The number of hydrogen-bond donors (Lipinski definition) is 2. The van der Waals surface area contributed by atoms with Crippen molar-refractivity contribution < 1.29 is 10.0 Å². The molecular formula is C43H46BBr2NO2. The Balaban J connectivity index is 0.000000459. The van der Waals surface area contributed by atoms with Crippen molar-refractivity contribution in [2.75, 3.05) is 0 Å². The minimum absolute atomic E-state index is 0.0775. The van der Waals surface area contributed by atoms with E-state index in [4.69, 9.17) is 0 Å². The van der Waals surface area contributed by atoms with Crippen LogP contribution in [0.2, 0.25) is 0 Å². The SMILES string of the molecule is Brc1ccc(Br)nc1.CCCC1(CCC)c2ccccc2-c2ccc(-c3ccc4c(c3)C(CCC)(CCC)c3cc(B(O)O)ccc3-4)cc21. The molecule has 0 saturated heterocycles. The fourth-order valence-corrected chi connectivity index (χ4v) is 9.35. The Morgan fingerprint density at radius 2 is 1.02 bits per heavy atom. The minimum Gasteiger partial charge on any atom is -0.423 e. The van der Waals surface area contributed by atoms with Crippen LogP contribution < -0.4 is 5.46 Å². The molecule has 0 saturated carbocycles. The summed E-state index contributed by atoms with van der Waals surface area (Å²) in [5.41, 5.74) is 14.1. The molecule has 0 radical (unpaired) electrons. The number of benzene rings is 4. The summed E-state index contributed by atoms with van der Waals surface area (Å²) in [7, 11) is -1.46. The second kappa shape index (κ2) is 15.1. The van der Waals surface area contributed by atoms with Gasteiger partial charge < -0.3 is 10.0 Å². The molecule has 49 heavy (non-hydrogen) atoms. The molecule has 5 aromatic rings. The zero-order valence-electron chi connectivity index (χ0n) is 29.1. The summed E-state index contributed by atoms with van der Waals surface area (Å²) >= 11 is 6.48. The normalized spacial score (nSPS) is 14.3. The molecule has 6 heteroatoms. The highest BCUT2D eigenvalue weighted by Gasteiger charge is 2.44. The first-order valence-electron chi connectivity index (χ1n) is 17.9. The standard InChI is InChI=1S/C38H43BO2.C5H3Br2N/c1-5-19-37(20-6-2)33-12-10-9-11-29(33)30-16-13-26(23-34(30)37)27-14-17-31-32-18-15-28(39(40)41)25-36(32)38(21-7-3,22-8-4)35(31)24-27;6-4-1-2-5(7)8-3-4/h9-18,23-25,40-41H,5-8,19-22H2,1-4H3;1-3H. The maximum absolute atomic E-state index is 10.0. The summed E-state index contributed by atoms with van der Waals surface area (Å²) < 4.78 is 1.86. The van der Waals surface area contributed by atoms with Crippen LogP contribution in [0.1, 0.15) is 101 Å². The number of hydrogen-bond acceptors (Lipinski definition) is 3. The van der Waals surface area contributed by atoms with Crippen LogP contribution in [0.4, 0.5) is 0 Å². The van der Waals surface area contributed by atoms with Crippen molar-refractivity contribution >= 4 is 44.4 Å². The number of halogens is 2. The molecule has 0 amide bonds. The molecule has 0 fully saturated rings. The van der Waals surface area contributed by atoms with Gasteiger partial charge in [0.1, 0.15) is 4.60 Å². The van der Waals surface area contributed by atoms with Gasteiger partial charge in [0, 0.05) is 21.5 Å². The first-order valence-corrected chi connectivity index (χ1v) is 19.5. The van der Waals surface area contributed by atoms with Crippen molar-refractivity contribution in [3.63, 3.8) is 0 Å². The third kappa shape index (κ3) is 6.51. The number of rotatable bonds is 10. The van der Waals surface area contributed by atoms with E-state index in [0.29, 0.717) is 5.46 Å². The van der Waals surface area contributed by atoms with Crippen LogP contribution in [-0.2, 0) is 10.8 Å². The molecule has 4 aromatic carbocycles. The van der Waals surface area contributed by atoms with E-state index < -0.39 is 7.12 Å². The van der Waals surface area contributed by atoms with Gasteiger partial charge in [-0.3, -0.25) is 0 Å². The number of pyridine rings is 1. The summed E-state index contributed by atoms with van der Waals surface area (Å²) in [6.45, 7) is 9.18. The zero-order valence-corrected chi connectivity index (χ0v) is 32.2. The van der Waals surface area contributed by atoms with Gasteiger partial charge in [-0.05, 0) is 143 Å². The van der Waals surface area contributed by atoms with Crippen LogP contribution in [0.5, 0.6) is 0 Å². The third-order valence-electron chi connectivity index (χ3n) is 10.7. The van der Waals surface area contributed by atoms with Crippen LogP contribution in [0.25, 0.3) is 33.4 Å². The summed E-state index contributed by atoms with van der Waals surface area (Å²) in [4.78, 5) is 3.95. The van der Waals surface area contributed by atoms with Crippen LogP contribution in [0, 0.1) is 0 Å². The fourth-order valence-electron chi connectivity index (χ4n) is 8.88. The van der Waals surface area contributed by atoms with E-state index in [1.807, 2.05) is 18.2 Å². The van der Waals surface area contributed by atoms with Crippen molar-refractivity contribution in [1.29, 1.82) is 0 Å². The van der Waals surface area contributed by atoms with E-state index in [-0.39, 0.29) is 10.8 Å². The Labute approximate surface area is 309 Å². The average molecular weight is 779 g/mol. The molecular weight excluding hydrogens is 733 g/mol. The molecule has 7 rings (SSSR count). The highest BCUT2D eigenvalue weighted by molar-refractivity contribution is 9.11. The predicted octanol–water partition coefficient (Wildman–Crippen LogP) is 11.4. The van der Waals surface area contributed by atoms with E-state index in [0.717, 1.165) is 47.6 Å². The lowest BCUT2D eigenvalue weighted by Crippen LogP contribution is -2.32. The Kier molecular flexibility index (Phi) is 11.0. The molecule has 0 unspecified atom stereocenters. The molecule has 2 aliphatic rings. The van der Waals surface area contributed by atoms with Gasteiger partial charge in [-0.25, -0.2) is 4.98 Å². The maximum atomic E-state index is 10.0. The molecule has 0 bridgehead atoms. The van der Waals surface area contributed by atoms with Crippen molar-refractivity contribution in [3.8, 4) is 33.4 Å². The largest absolute Gasteiger partial charge is 0.488 e. The number of aromatic nitrogens is 1. The molecule has 0 spiro atoms. The van der Waals surface area contributed by atoms with Gasteiger partial charge in [0.25, 0.3) is 0 Å². The molecule has 0 aliphatic heterocycles. The van der Waals surface area contributed by atoms with Gasteiger partial charge in [-0.15, -0.1) is 0 Å². The van der Waals surface area contributed by atoms with E-state index >= 15 is 0 Å². The average Bonchev–Trinajstić information content (AvgIpc) is 3.53. The Morgan fingerprint density at radius 3 is 1.49 bits per heavy atom.